The number of aryl methyl sites for hydroxylation is 1. The maximum Gasteiger partial charge on any atom is 0.234 e. The molecule has 2 aliphatic rings. The predicted octanol–water partition coefficient (Wildman–Crippen LogP) is 5.15. The molecular formula is C24H31N5OS. The van der Waals surface area contributed by atoms with Crippen LogP contribution >= 0.6 is 11.3 Å². The smallest absolute Gasteiger partial charge is 0.234 e. The van der Waals surface area contributed by atoms with E-state index in [1.165, 1.54) is 11.1 Å². The van der Waals surface area contributed by atoms with E-state index in [1.54, 1.807) is 11.3 Å². The summed E-state index contributed by atoms with van der Waals surface area (Å²) in [4.78, 5) is 8.38. The molecule has 2 aliphatic heterocycles. The molecule has 0 atom stereocenters. The molecule has 0 aliphatic carbocycles. The maximum atomic E-state index is 6.09. The SMILES string of the molecule is Cc1n[nH]cc1-c1ccc2c(c1)COc1nc(N(C)C3CC(C)(C)NC(C)(C)C3)sc1-2. The molecule has 5 rings (SSSR count). The van der Waals surface area contributed by atoms with E-state index in [0.29, 0.717) is 12.6 Å². The van der Waals surface area contributed by atoms with E-state index < -0.39 is 0 Å². The summed E-state index contributed by atoms with van der Waals surface area (Å²) in [5.74, 6) is 0.763. The standard InChI is InChI=1S/C24H31N5OS/c1-14-19(12-25-27-14)15-7-8-18-16(9-15)13-30-21-20(18)31-22(26-21)29(6)17-10-23(2,3)28-24(4,5)11-17/h7-9,12,17,28H,10-11,13H2,1-6H3,(H,25,27). The second-order valence-corrected chi connectivity index (χ2v) is 11.2. The average Bonchev–Trinajstić information content (AvgIpc) is 3.30. The van der Waals surface area contributed by atoms with Gasteiger partial charge < -0.3 is 15.0 Å². The lowest BCUT2D eigenvalue weighted by molar-refractivity contribution is 0.161. The molecule has 6 nitrogen and oxygen atoms in total. The molecule has 0 spiro atoms. The molecule has 2 N–H and O–H groups in total. The van der Waals surface area contributed by atoms with Crippen LogP contribution in [0, 0.1) is 6.92 Å². The van der Waals surface area contributed by atoms with E-state index in [9.17, 15) is 0 Å². The molecule has 1 fully saturated rings. The number of anilines is 1. The molecule has 0 bridgehead atoms. The summed E-state index contributed by atoms with van der Waals surface area (Å²) >= 11 is 1.74. The first-order valence-electron chi connectivity index (χ1n) is 10.9. The van der Waals surface area contributed by atoms with Crippen molar-refractivity contribution >= 4 is 16.5 Å². The molecule has 7 heteroatoms. The molecule has 31 heavy (non-hydrogen) atoms. The van der Waals surface area contributed by atoms with E-state index in [2.05, 4.69) is 73.4 Å². The number of aromatic nitrogens is 3. The zero-order chi connectivity index (χ0) is 22.0. The van der Waals surface area contributed by atoms with Crippen LogP contribution in [-0.2, 0) is 6.61 Å². The van der Waals surface area contributed by atoms with E-state index in [4.69, 9.17) is 9.72 Å². The van der Waals surface area contributed by atoms with Gasteiger partial charge in [-0.2, -0.15) is 10.1 Å². The minimum absolute atomic E-state index is 0.0995. The zero-order valence-corrected chi connectivity index (χ0v) is 20.0. The maximum absolute atomic E-state index is 6.09. The van der Waals surface area contributed by atoms with Crippen molar-refractivity contribution in [2.24, 2.45) is 0 Å². The number of hydrogen-bond acceptors (Lipinski definition) is 6. The minimum atomic E-state index is 0.0995. The van der Waals surface area contributed by atoms with Crippen molar-refractivity contribution in [2.75, 3.05) is 11.9 Å². The second kappa shape index (κ2) is 7.07. The number of ether oxygens (including phenoxy) is 1. The summed E-state index contributed by atoms with van der Waals surface area (Å²) in [5.41, 5.74) is 5.94. The van der Waals surface area contributed by atoms with Crippen LogP contribution < -0.4 is 15.0 Å². The van der Waals surface area contributed by atoms with Gasteiger partial charge >= 0.3 is 0 Å². The van der Waals surface area contributed by atoms with Crippen LogP contribution in [-0.4, -0.2) is 39.3 Å². The van der Waals surface area contributed by atoms with E-state index in [1.807, 2.05) is 13.1 Å². The van der Waals surface area contributed by atoms with Gasteiger partial charge in [-0.3, -0.25) is 5.10 Å². The van der Waals surface area contributed by atoms with Crippen LogP contribution in [0.15, 0.2) is 24.4 Å². The van der Waals surface area contributed by atoms with Crippen LogP contribution in [0.2, 0.25) is 0 Å². The Morgan fingerprint density at radius 3 is 2.55 bits per heavy atom. The van der Waals surface area contributed by atoms with Crippen molar-refractivity contribution in [1.29, 1.82) is 0 Å². The molecule has 0 radical (unpaired) electrons. The van der Waals surface area contributed by atoms with Crippen molar-refractivity contribution in [3.63, 3.8) is 0 Å². The van der Waals surface area contributed by atoms with Crippen LogP contribution in [0.1, 0.15) is 51.8 Å². The van der Waals surface area contributed by atoms with Gasteiger partial charge in [0.2, 0.25) is 5.88 Å². The van der Waals surface area contributed by atoms with Crippen LogP contribution in [0.3, 0.4) is 0 Å². The van der Waals surface area contributed by atoms with E-state index in [0.717, 1.165) is 45.6 Å². The number of hydrogen-bond donors (Lipinski definition) is 2. The van der Waals surface area contributed by atoms with E-state index >= 15 is 0 Å². The Kier molecular flexibility index (Phi) is 4.68. The number of benzene rings is 1. The fourth-order valence-electron chi connectivity index (χ4n) is 5.31. The normalized spacial score (nSPS) is 19.4. The second-order valence-electron chi connectivity index (χ2n) is 10.2. The third kappa shape index (κ3) is 3.74. The van der Waals surface area contributed by atoms with Gasteiger partial charge in [-0.25, -0.2) is 0 Å². The molecule has 0 saturated carbocycles. The number of nitrogens with zero attached hydrogens (tertiary/aromatic N) is 3. The lowest BCUT2D eigenvalue weighted by Crippen LogP contribution is -2.61. The number of aromatic amines is 1. The van der Waals surface area contributed by atoms with Crippen LogP contribution in [0.25, 0.3) is 21.6 Å². The number of nitrogens with one attached hydrogen (secondary N) is 2. The first-order valence-corrected chi connectivity index (χ1v) is 11.7. The van der Waals surface area contributed by atoms with Crippen molar-refractivity contribution in [3.05, 3.63) is 35.7 Å². The number of piperidine rings is 1. The third-order valence-electron chi connectivity index (χ3n) is 6.46. The first kappa shape index (κ1) is 20.5. The predicted molar refractivity (Wildman–Crippen MR) is 127 cm³/mol. The van der Waals surface area contributed by atoms with Gasteiger partial charge in [-0.1, -0.05) is 23.5 Å². The largest absolute Gasteiger partial charge is 0.472 e. The zero-order valence-electron chi connectivity index (χ0n) is 19.2. The number of rotatable bonds is 3. The lowest BCUT2D eigenvalue weighted by Gasteiger charge is -2.48. The Morgan fingerprint density at radius 1 is 1.13 bits per heavy atom. The summed E-state index contributed by atoms with van der Waals surface area (Å²) < 4.78 is 6.09. The van der Waals surface area contributed by atoms with Gasteiger partial charge in [0, 0.05) is 41.5 Å². The Hall–Kier alpha value is -2.38. The molecule has 0 unspecified atom stereocenters. The summed E-state index contributed by atoms with van der Waals surface area (Å²) in [5, 5.41) is 12.0. The highest BCUT2D eigenvalue weighted by molar-refractivity contribution is 7.19. The van der Waals surface area contributed by atoms with Crippen LogP contribution in [0.4, 0.5) is 5.13 Å². The van der Waals surface area contributed by atoms with Crippen molar-refractivity contribution in [3.8, 4) is 27.4 Å². The fraction of sp³-hybridized carbons (Fsp3) is 0.500. The quantitative estimate of drug-likeness (QED) is 0.593. The third-order valence-corrected chi connectivity index (χ3v) is 7.62. The molecule has 1 saturated heterocycles. The van der Waals surface area contributed by atoms with Gasteiger partial charge in [-0.05, 0) is 64.7 Å². The Labute approximate surface area is 188 Å². The van der Waals surface area contributed by atoms with Gasteiger partial charge in [0.1, 0.15) is 11.5 Å². The van der Waals surface area contributed by atoms with Crippen molar-refractivity contribution < 1.29 is 4.74 Å². The van der Waals surface area contributed by atoms with Crippen LogP contribution in [0.5, 0.6) is 5.88 Å². The lowest BCUT2D eigenvalue weighted by atomic mass is 9.79. The topological polar surface area (TPSA) is 66.1 Å². The molecule has 0 amide bonds. The molecular weight excluding hydrogens is 406 g/mol. The molecule has 3 aromatic rings. The molecule has 1 aromatic carbocycles. The van der Waals surface area contributed by atoms with Gasteiger partial charge in [-0.15, -0.1) is 0 Å². The van der Waals surface area contributed by atoms with Crippen molar-refractivity contribution in [2.45, 2.75) is 71.2 Å². The van der Waals surface area contributed by atoms with E-state index in [-0.39, 0.29) is 11.1 Å². The number of H-pyrrole nitrogens is 1. The Balaban J connectivity index is 1.45. The monoisotopic (exact) mass is 437 g/mol. The molecule has 4 heterocycles. The Bertz CT molecular complexity index is 1110. The van der Waals surface area contributed by atoms with Crippen molar-refractivity contribution in [1.82, 2.24) is 20.5 Å². The number of fused-ring (bicyclic) bond motifs is 3. The number of thiazole rings is 1. The Morgan fingerprint density at radius 2 is 1.87 bits per heavy atom. The molecule has 2 aromatic heterocycles. The highest BCUT2D eigenvalue weighted by Crippen LogP contribution is 2.46. The average molecular weight is 438 g/mol. The summed E-state index contributed by atoms with van der Waals surface area (Å²) in [6.45, 7) is 11.7. The minimum Gasteiger partial charge on any atom is -0.472 e. The van der Waals surface area contributed by atoms with Gasteiger partial charge in [0.05, 0.1) is 5.69 Å². The van der Waals surface area contributed by atoms with Gasteiger partial charge in [0.25, 0.3) is 0 Å². The molecule has 164 valence electrons. The highest BCUT2D eigenvalue weighted by Gasteiger charge is 2.40. The van der Waals surface area contributed by atoms with Gasteiger partial charge in [0.15, 0.2) is 5.13 Å². The summed E-state index contributed by atoms with van der Waals surface area (Å²) in [6.07, 6.45) is 4.12. The first-order chi connectivity index (χ1) is 14.6. The summed E-state index contributed by atoms with van der Waals surface area (Å²) in [7, 11) is 2.18. The highest BCUT2D eigenvalue weighted by atomic mass is 32.1. The summed E-state index contributed by atoms with van der Waals surface area (Å²) in [6, 6.07) is 7.03. The fourth-order valence-corrected chi connectivity index (χ4v) is 6.42.